The number of hydrogen-bond acceptors (Lipinski definition) is 4. The molecule has 114 valence electrons. The van der Waals surface area contributed by atoms with Crippen molar-refractivity contribution in [3.8, 4) is 11.5 Å². The van der Waals surface area contributed by atoms with Crippen LogP contribution in [0.5, 0.6) is 11.5 Å². The first kappa shape index (κ1) is 14.2. The number of methoxy groups -OCH3 is 1. The van der Waals surface area contributed by atoms with Gasteiger partial charge < -0.3 is 14.5 Å². The van der Waals surface area contributed by atoms with E-state index in [1.54, 1.807) is 0 Å². The Morgan fingerprint density at radius 2 is 2.05 bits per heavy atom. The molecule has 1 aliphatic rings. The first-order valence-electron chi connectivity index (χ1n) is 6.41. The maximum absolute atomic E-state index is 14.3. The van der Waals surface area contributed by atoms with E-state index in [0.717, 1.165) is 6.07 Å². The number of esters is 1. The minimum Gasteiger partial charge on any atom is -0.465 e. The third-order valence-electron chi connectivity index (χ3n) is 3.37. The maximum atomic E-state index is 14.3. The molecule has 7 heteroatoms. The highest BCUT2D eigenvalue weighted by Gasteiger charge is 2.39. The summed E-state index contributed by atoms with van der Waals surface area (Å²) in [5.41, 5.74) is -0.786. The third kappa shape index (κ3) is 2.34. The summed E-state index contributed by atoms with van der Waals surface area (Å²) in [6.07, 6.45) is -0.642. The number of nitrogens with one attached hydrogen (secondary N) is 1. The number of fused-ring (bicyclic) bond motifs is 2. The molecule has 0 atom stereocenters. The lowest BCUT2D eigenvalue weighted by atomic mass is 10.0. The number of alkyl halides is 2. The van der Waals surface area contributed by atoms with Gasteiger partial charge in [-0.25, -0.2) is 4.79 Å². The van der Waals surface area contributed by atoms with Crippen molar-refractivity contribution in [3.63, 3.8) is 0 Å². The van der Waals surface area contributed by atoms with Gasteiger partial charge in [0.05, 0.1) is 12.7 Å². The number of benzene rings is 1. The van der Waals surface area contributed by atoms with Gasteiger partial charge in [0.25, 0.3) is 5.92 Å². The topological polar surface area (TPSA) is 68.4 Å². The van der Waals surface area contributed by atoms with Crippen molar-refractivity contribution in [1.82, 2.24) is 4.98 Å². The van der Waals surface area contributed by atoms with Crippen LogP contribution in [0.25, 0.3) is 0 Å². The van der Waals surface area contributed by atoms with Crippen molar-refractivity contribution in [2.24, 2.45) is 0 Å². The van der Waals surface area contributed by atoms with Crippen LogP contribution in [0.15, 0.2) is 35.1 Å². The van der Waals surface area contributed by atoms with Crippen LogP contribution in [0.2, 0.25) is 0 Å². The Bertz CT molecular complexity index is 813. The monoisotopic (exact) mass is 307 g/mol. The Balaban J connectivity index is 2.15. The Hall–Kier alpha value is -2.70. The molecule has 1 aromatic heterocycles. The number of ether oxygens (including phenoxy) is 2. The molecule has 0 amide bonds. The predicted molar refractivity (Wildman–Crippen MR) is 72.5 cm³/mol. The smallest absolute Gasteiger partial charge is 0.337 e. The fourth-order valence-corrected chi connectivity index (χ4v) is 2.30. The normalized spacial score (nSPS) is 15.0. The van der Waals surface area contributed by atoms with E-state index in [1.807, 2.05) is 0 Å². The van der Waals surface area contributed by atoms with Crippen LogP contribution >= 0.6 is 0 Å². The highest BCUT2D eigenvalue weighted by Crippen LogP contribution is 2.43. The lowest BCUT2D eigenvalue weighted by Crippen LogP contribution is -2.21. The quantitative estimate of drug-likeness (QED) is 0.822. The zero-order valence-electron chi connectivity index (χ0n) is 11.5. The molecular formula is C15H11F2NO4. The summed E-state index contributed by atoms with van der Waals surface area (Å²) < 4.78 is 38.7. The molecule has 1 N–H and O–H groups in total. The number of pyridine rings is 1. The van der Waals surface area contributed by atoms with E-state index < -0.39 is 29.6 Å². The van der Waals surface area contributed by atoms with Gasteiger partial charge in [0, 0.05) is 18.1 Å². The second-order valence-corrected chi connectivity index (χ2v) is 4.86. The average Bonchev–Trinajstić information content (AvgIpc) is 2.59. The van der Waals surface area contributed by atoms with Gasteiger partial charge in [-0.3, -0.25) is 4.79 Å². The van der Waals surface area contributed by atoms with Crippen molar-refractivity contribution < 1.29 is 23.0 Å². The summed E-state index contributed by atoms with van der Waals surface area (Å²) in [5.74, 6) is -3.89. The molecule has 5 nitrogen and oxygen atoms in total. The van der Waals surface area contributed by atoms with Gasteiger partial charge in [-0.1, -0.05) is 6.07 Å². The fourth-order valence-electron chi connectivity index (χ4n) is 2.30. The number of aromatic amines is 1. The van der Waals surface area contributed by atoms with Crippen LogP contribution in [0.1, 0.15) is 21.6 Å². The van der Waals surface area contributed by atoms with Gasteiger partial charge in [0.1, 0.15) is 11.4 Å². The van der Waals surface area contributed by atoms with Crippen LogP contribution in [-0.4, -0.2) is 18.1 Å². The van der Waals surface area contributed by atoms with Crippen molar-refractivity contribution in [3.05, 3.63) is 57.5 Å². The molecule has 1 aromatic carbocycles. The molecule has 1 aliphatic heterocycles. The summed E-state index contributed by atoms with van der Waals surface area (Å²) in [5, 5.41) is 0. The first-order valence-corrected chi connectivity index (χ1v) is 6.41. The molecule has 0 aliphatic carbocycles. The number of H-pyrrole nitrogens is 1. The molecule has 22 heavy (non-hydrogen) atoms. The molecule has 3 rings (SSSR count). The number of aromatic nitrogens is 1. The van der Waals surface area contributed by atoms with E-state index in [2.05, 4.69) is 9.72 Å². The van der Waals surface area contributed by atoms with Crippen molar-refractivity contribution in [2.75, 3.05) is 7.11 Å². The van der Waals surface area contributed by atoms with Crippen LogP contribution < -0.4 is 10.3 Å². The number of rotatable bonds is 1. The van der Waals surface area contributed by atoms with Gasteiger partial charge in [-0.15, -0.1) is 0 Å². The minimum atomic E-state index is -3.28. The molecule has 0 spiro atoms. The molecule has 2 aromatic rings. The van der Waals surface area contributed by atoms with E-state index in [0.29, 0.717) is 0 Å². The van der Waals surface area contributed by atoms with E-state index >= 15 is 0 Å². The Kier molecular flexibility index (Phi) is 3.20. The molecule has 0 bridgehead atoms. The minimum absolute atomic E-state index is 0.133. The number of carbonyl (C=O) groups is 1. The molecule has 0 unspecified atom stereocenters. The van der Waals surface area contributed by atoms with Crippen LogP contribution in [0.3, 0.4) is 0 Å². The molecule has 0 saturated carbocycles. The van der Waals surface area contributed by atoms with E-state index in [1.165, 1.54) is 31.4 Å². The Labute approximate surface area is 123 Å². The second kappa shape index (κ2) is 4.94. The van der Waals surface area contributed by atoms with Gasteiger partial charge in [-0.05, 0) is 18.2 Å². The van der Waals surface area contributed by atoms with Gasteiger partial charge in [0.2, 0.25) is 5.56 Å². The third-order valence-corrected chi connectivity index (χ3v) is 3.37. The van der Waals surface area contributed by atoms with Crippen molar-refractivity contribution in [1.29, 1.82) is 0 Å². The van der Waals surface area contributed by atoms with E-state index in [4.69, 9.17) is 4.74 Å². The second-order valence-electron chi connectivity index (χ2n) is 4.86. The standard InChI is InChI=1S/C15H11F2NO4/c1-21-14(20)8-2-3-9-7-15(16,17)13-10(22-11(9)6-8)4-5-12(19)18-13/h2-6H,7H2,1H3,(H,18,19). The van der Waals surface area contributed by atoms with E-state index in [-0.39, 0.29) is 22.6 Å². The van der Waals surface area contributed by atoms with Gasteiger partial charge in [-0.2, -0.15) is 8.78 Å². The highest BCUT2D eigenvalue weighted by molar-refractivity contribution is 5.90. The lowest BCUT2D eigenvalue weighted by Gasteiger charge is -2.14. The molecule has 2 heterocycles. The highest BCUT2D eigenvalue weighted by atomic mass is 19.3. The largest absolute Gasteiger partial charge is 0.465 e. The summed E-state index contributed by atoms with van der Waals surface area (Å²) >= 11 is 0. The maximum Gasteiger partial charge on any atom is 0.337 e. The molecule has 0 fully saturated rings. The molecular weight excluding hydrogens is 296 g/mol. The predicted octanol–water partition coefficient (Wildman–Crippen LogP) is 2.60. The van der Waals surface area contributed by atoms with Crippen LogP contribution in [-0.2, 0) is 17.1 Å². The summed E-state index contributed by atoms with van der Waals surface area (Å²) in [6, 6.07) is 6.41. The SMILES string of the molecule is COC(=O)c1ccc2c(c1)Oc1ccc(=O)[nH]c1C(F)(F)C2. The van der Waals surface area contributed by atoms with Crippen LogP contribution in [0.4, 0.5) is 8.78 Å². The lowest BCUT2D eigenvalue weighted by molar-refractivity contribution is -0.00815. The van der Waals surface area contributed by atoms with Gasteiger partial charge >= 0.3 is 5.97 Å². The zero-order valence-corrected chi connectivity index (χ0v) is 11.5. The number of hydrogen-bond donors (Lipinski definition) is 1. The molecule has 0 saturated heterocycles. The molecule has 0 radical (unpaired) electrons. The van der Waals surface area contributed by atoms with Gasteiger partial charge in [0.15, 0.2) is 5.75 Å². The Morgan fingerprint density at radius 3 is 2.77 bits per heavy atom. The number of halogens is 2. The summed E-state index contributed by atoms with van der Waals surface area (Å²) in [6.45, 7) is 0. The fraction of sp³-hybridized carbons (Fsp3) is 0.200. The van der Waals surface area contributed by atoms with Crippen molar-refractivity contribution >= 4 is 5.97 Å². The Morgan fingerprint density at radius 1 is 1.27 bits per heavy atom. The summed E-state index contributed by atoms with van der Waals surface area (Å²) in [7, 11) is 1.23. The van der Waals surface area contributed by atoms with E-state index in [9.17, 15) is 18.4 Å². The van der Waals surface area contributed by atoms with Crippen molar-refractivity contribution in [2.45, 2.75) is 12.3 Å². The van der Waals surface area contributed by atoms with Crippen LogP contribution in [0, 0.1) is 0 Å². The zero-order chi connectivity index (χ0) is 15.9. The number of carbonyl (C=O) groups excluding carboxylic acids is 1. The average molecular weight is 307 g/mol. The first-order chi connectivity index (χ1) is 10.4. The summed E-state index contributed by atoms with van der Waals surface area (Å²) in [4.78, 5) is 24.9.